The lowest BCUT2D eigenvalue weighted by Gasteiger charge is -2.31. The Labute approximate surface area is 145 Å². The average Bonchev–Trinajstić information content (AvgIpc) is 2.61. The molecule has 0 spiro atoms. The Hall–Kier alpha value is -1.30. The maximum absolute atomic E-state index is 6.29. The van der Waals surface area contributed by atoms with Gasteiger partial charge in [0.2, 0.25) is 0 Å². The van der Waals surface area contributed by atoms with E-state index < -0.39 is 0 Å². The molecule has 0 aliphatic carbocycles. The fourth-order valence-corrected chi connectivity index (χ4v) is 3.69. The predicted octanol–water partition coefficient (Wildman–Crippen LogP) is 1.62. The summed E-state index contributed by atoms with van der Waals surface area (Å²) in [7, 11) is 3.92. The highest BCUT2D eigenvalue weighted by Gasteiger charge is 2.21. The van der Waals surface area contributed by atoms with Crippen molar-refractivity contribution in [3.8, 4) is 11.5 Å². The first-order valence-corrected chi connectivity index (χ1v) is 9.20. The van der Waals surface area contributed by atoms with Crippen molar-refractivity contribution in [1.82, 2.24) is 15.1 Å². The molecule has 5 heteroatoms. The van der Waals surface area contributed by atoms with Crippen LogP contribution in [0.15, 0.2) is 18.2 Å². The first-order valence-electron chi connectivity index (χ1n) is 9.20. The van der Waals surface area contributed by atoms with Crippen molar-refractivity contribution >= 4 is 0 Å². The van der Waals surface area contributed by atoms with E-state index in [9.17, 15) is 0 Å². The standard InChI is InChI=1S/C19H31N3O2/c1-21-11-4-6-17(15-21)24-18-7-3-5-16(19(18)23-2)8-12-22-13-9-20-10-14-22/h3,5,7,17,20H,4,6,8-15H2,1-2H3. The Balaban J connectivity index is 1.64. The van der Waals surface area contributed by atoms with E-state index in [1.807, 2.05) is 6.07 Å². The van der Waals surface area contributed by atoms with E-state index >= 15 is 0 Å². The summed E-state index contributed by atoms with van der Waals surface area (Å²) >= 11 is 0. The van der Waals surface area contributed by atoms with E-state index in [1.165, 1.54) is 18.5 Å². The zero-order chi connectivity index (χ0) is 16.8. The number of piperidine rings is 1. The number of hydrogen-bond donors (Lipinski definition) is 1. The van der Waals surface area contributed by atoms with Crippen LogP contribution in [0.3, 0.4) is 0 Å². The number of piperazine rings is 1. The molecule has 0 bridgehead atoms. The molecule has 24 heavy (non-hydrogen) atoms. The highest BCUT2D eigenvalue weighted by molar-refractivity contribution is 5.47. The topological polar surface area (TPSA) is 37.0 Å². The number of hydrogen-bond acceptors (Lipinski definition) is 5. The first-order chi connectivity index (χ1) is 11.8. The first kappa shape index (κ1) is 17.5. The monoisotopic (exact) mass is 333 g/mol. The third kappa shape index (κ3) is 4.62. The van der Waals surface area contributed by atoms with Gasteiger partial charge in [0.15, 0.2) is 11.5 Å². The fourth-order valence-electron chi connectivity index (χ4n) is 3.69. The van der Waals surface area contributed by atoms with Gasteiger partial charge < -0.3 is 24.6 Å². The van der Waals surface area contributed by atoms with Crippen LogP contribution >= 0.6 is 0 Å². The van der Waals surface area contributed by atoms with Crippen LogP contribution in [-0.2, 0) is 6.42 Å². The molecule has 1 aromatic rings. The molecule has 2 saturated heterocycles. The van der Waals surface area contributed by atoms with E-state index in [1.54, 1.807) is 7.11 Å². The molecule has 2 heterocycles. The molecule has 5 nitrogen and oxygen atoms in total. The van der Waals surface area contributed by atoms with Crippen LogP contribution in [0.5, 0.6) is 11.5 Å². The summed E-state index contributed by atoms with van der Waals surface area (Å²) in [6.07, 6.45) is 3.59. The molecular formula is C19H31N3O2. The number of benzene rings is 1. The Bertz CT molecular complexity index is 517. The number of rotatable bonds is 6. The molecule has 134 valence electrons. The van der Waals surface area contributed by atoms with Gasteiger partial charge in [-0.3, -0.25) is 0 Å². The lowest BCUT2D eigenvalue weighted by Crippen LogP contribution is -2.44. The van der Waals surface area contributed by atoms with Crippen molar-refractivity contribution in [1.29, 1.82) is 0 Å². The number of ether oxygens (including phenoxy) is 2. The average molecular weight is 333 g/mol. The molecule has 0 amide bonds. The van der Waals surface area contributed by atoms with Crippen molar-refractivity contribution in [2.24, 2.45) is 0 Å². The molecule has 1 unspecified atom stereocenters. The number of nitrogens with zero attached hydrogens (tertiary/aromatic N) is 2. The molecule has 1 atom stereocenters. The number of methoxy groups -OCH3 is 1. The van der Waals surface area contributed by atoms with E-state index in [0.717, 1.165) is 63.6 Å². The van der Waals surface area contributed by atoms with Crippen LogP contribution in [0.2, 0.25) is 0 Å². The Morgan fingerprint density at radius 1 is 1.21 bits per heavy atom. The second-order valence-electron chi connectivity index (χ2n) is 6.93. The molecular weight excluding hydrogens is 302 g/mol. The molecule has 0 saturated carbocycles. The van der Waals surface area contributed by atoms with Gasteiger partial charge in [-0.25, -0.2) is 0 Å². The quantitative estimate of drug-likeness (QED) is 0.856. The van der Waals surface area contributed by atoms with E-state index in [4.69, 9.17) is 9.47 Å². The largest absolute Gasteiger partial charge is 0.493 e. The second kappa shape index (κ2) is 8.70. The van der Waals surface area contributed by atoms with Crippen molar-refractivity contribution in [3.05, 3.63) is 23.8 Å². The minimum Gasteiger partial charge on any atom is -0.493 e. The lowest BCUT2D eigenvalue weighted by molar-refractivity contribution is 0.101. The van der Waals surface area contributed by atoms with Crippen LogP contribution in [-0.4, -0.2) is 75.9 Å². The zero-order valence-corrected chi connectivity index (χ0v) is 15.1. The molecule has 1 aromatic carbocycles. The molecule has 2 aliphatic rings. The zero-order valence-electron chi connectivity index (χ0n) is 15.1. The van der Waals surface area contributed by atoms with E-state index in [-0.39, 0.29) is 6.10 Å². The summed E-state index contributed by atoms with van der Waals surface area (Å²) in [5.41, 5.74) is 1.25. The Morgan fingerprint density at radius 2 is 2.04 bits per heavy atom. The van der Waals surface area contributed by atoms with Gasteiger partial charge in [-0.05, 0) is 44.5 Å². The number of likely N-dealkylation sites (N-methyl/N-ethyl adjacent to an activating group) is 1. The third-order valence-electron chi connectivity index (χ3n) is 5.05. The third-order valence-corrected chi connectivity index (χ3v) is 5.05. The fraction of sp³-hybridized carbons (Fsp3) is 0.684. The van der Waals surface area contributed by atoms with Crippen LogP contribution < -0.4 is 14.8 Å². The number of nitrogens with one attached hydrogen (secondary N) is 1. The summed E-state index contributed by atoms with van der Waals surface area (Å²) in [5.74, 6) is 1.82. The normalized spacial score (nSPS) is 23.2. The van der Waals surface area contributed by atoms with Crippen molar-refractivity contribution < 1.29 is 9.47 Å². The SMILES string of the molecule is COc1c(CCN2CCNCC2)cccc1OC1CCCN(C)C1. The lowest BCUT2D eigenvalue weighted by atomic mass is 10.1. The summed E-state index contributed by atoms with van der Waals surface area (Å²) in [6.45, 7) is 7.69. The molecule has 0 aromatic heterocycles. The van der Waals surface area contributed by atoms with Crippen LogP contribution in [0, 0.1) is 0 Å². The summed E-state index contributed by atoms with van der Waals surface area (Å²) < 4.78 is 12.0. The van der Waals surface area contributed by atoms with Crippen LogP contribution in [0.4, 0.5) is 0 Å². The maximum Gasteiger partial charge on any atom is 0.163 e. The smallest absolute Gasteiger partial charge is 0.163 e. The molecule has 0 radical (unpaired) electrons. The van der Waals surface area contributed by atoms with Crippen molar-refractivity contribution in [3.63, 3.8) is 0 Å². The van der Waals surface area contributed by atoms with Gasteiger partial charge >= 0.3 is 0 Å². The number of likely N-dealkylation sites (tertiary alicyclic amines) is 1. The minimum atomic E-state index is 0.265. The van der Waals surface area contributed by atoms with Gasteiger partial charge in [0.1, 0.15) is 6.10 Å². The van der Waals surface area contributed by atoms with Gasteiger partial charge in [-0.2, -0.15) is 0 Å². The Morgan fingerprint density at radius 3 is 2.79 bits per heavy atom. The predicted molar refractivity (Wildman–Crippen MR) is 97.2 cm³/mol. The maximum atomic E-state index is 6.29. The van der Waals surface area contributed by atoms with E-state index in [0.29, 0.717) is 0 Å². The van der Waals surface area contributed by atoms with Gasteiger partial charge in [0.05, 0.1) is 7.11 Å². The summed E-state index contributed by atoms with van der Waals surface area (Å²) in [5, 5.41) is 3.40. The second-order valence-corrected chi connectivity index (χ2v) is 6.93. The van der Waals surface area contributed by atoms with E-state index in [2.05, 4.69) is 34.3 Å². The van der Waals surface area contributed by atoms with Gasteiger partial charge in [-0.1, -0.05) is 12.1 Å². The Kier molecular flexibility index (Phi) is 6.35. The summed E-state index contributed by atoms with van der Waals surface area (Å²) in [4.78, 5) is 4.86. The highest BCUT2D eigenvalue weighted by Crippen LogP contribution is 2.33. The van der Waals surface area contributed by atoms with Gasteiger partial charge in [0, 0.05) is 39.3 Å². The van der Waals surface area contributed by atoms with Crippen LogP contribution in [0.25, 0.3) is 0 Å². The molecule has 1 N–H and O–H groups in total. The minimum absolute atomic E-state index is 0.265. The highest BCUT2D eigenvalue weighted by atomic mass is 16.5. The van der Waals surface area contributed by atoms with Gasteiger partial charge in [-0.15, -0.1) is 0 Å². The number of para-hydroxylation sites is 1. The van der Waals surface area contributed by atoms with Crippen molar-refractivity contribution in [2.75, 3.05) is 60.0 Å². The summed E-state index contributed by atoms with van der Waals surface area (Å²) in [6, 6.07) is 6.31. The molecule has 2 fully saturated rings. The molecule has 3 rings (SSSR count). The molecule has 2 aliphatic heterocycles. The van der Waals surface area contributed by atoms with Gasteiger partial charge in [0.25, 0.3) is 0 Å². The van der Waals surface area contributed by atoms with Crippen LogP contribution in [0.1, 0.15) is 18.4 Å². The van der Waals surface area contributed by atoms with Crippen molar-refractivity contribution in [2.45, 2.75) is 25.4 Å².